The molecule has 1 aromatic carbocycles. The normalized spacial score (nSPS) is 17.7. The predicted molar refractivity (Wildman–Crippen MR) is 103 cm³/mol. The van der Waals surface area contributed by atoms with E-state index in [1.54, 1.807) is 25.3 Å². The van der Waals surface area contributed by atoms with E-state index in [0.29, 0.717) is 30.2 Å². The molecule has 7 nitrogen and oxygen atoms in total. The summed E-state index contributed by atoms with van der Waals surface area (Å²) in [6.07, 6.45) is 2.52. The van der Waals surface area contributed by atoms with Gasteiger partial charge in [-0.25, -0.2) is 0 Å². The van der Waals surface area contributed by atoms with E-state index in [2.05, 4.69) is 0 Å². The molecular formula is C20H30N2O5. The Labute approximate surface area is 160 Å². The lowest BCUT2D eigenvalue weighted by Crippen LogP contribution is -2.37. The number of likely N-dealkylation sites (N-methyl/N-ethyl adjacent to an activating group) is 1. The van der Waals surface area contributed by atoms with E-state index in [0.717, 1.165) is 19.3 Å². The van der Waals surface area contributed by atoms with Crippen molar-refractivity contribution in [1.29, 1.82) is 0 Å². The van der Waals surface area contributed by atoms with Gasteiger partial charge in [-0.15, -0.1) is 0 Å². The predicted octanol–water partition coefficient (Wildman–Crippen LogP) is 2.49. The van der Waals surface area contributed by atoms with Gasteiger partial charge in [0.05, 0.1) is 19.8 Å². The number of benzene rings is 1. The van der Waals surface area contributed by atoms with Crippen molar-refractivity contribution in [2.24, 2.45) is 0 Å². The number of ether oxygens (including phenoxy) is 2. The van der Waals surface area contributed by atoms with E-state index in [9.17, 15) is 9.59 Å². The second-order valence-electron chi connectivity index (χ2n) is 7.22. The Bertz CT molecular complexity index is 662. The number of nitrogens with zero attached hydrogens (tertiary/aromatic N) is 2. The highest BCUT2D eigenvalue weighted by Gasteiger charge is 2.25. The molecule has 2 rings (SSSR count). The maximum atomic E-state index is 12.9. The second-order valence-corrected chi connectivity index (χ2v) is 7.22. The zero-order valence-corrected chi connectivity index (χ0v) is 16.6. The molecule has 1 fully saturated rings. The number of aliphatic carboxylic acids is 1. The molecule has 0 bridgehead atoms. The first kappa shape index (κ1) is 21.0. The van der Waals surface area contributed by atoms with Crippen molar-refractivity contribution < 1.29 is 24.2 Å². The number of rotatable bonds is 7. The summed E-state index contributed by atoms with van der Waals surface area (Å²) >= 11 is 0. The Hall–Kier alpha value is -2.28. The molecule has 0 radical (unpaired) electrons. The highest BCUT2D eigenvalue weighted by Crippen LogP contribution is 2.30. The van der Waals surface area contributed by atoms with Gasteiger partial charge in [-0.2, -0.15) is 0 Å². The Balaban J connectivity index is 2.06. The van der Waals surface area contributed by atoms with Gasteiger partial charge in [0, 0.05) is 24.7 Å². The van der Waals surface area contributed by atoms with Crippen molar-refractivity contribution in [2.45, 2.75) is 45.3 Å². The van der Waals surface area contributed by atoms with Crippen LogP contribution >= 0.6 is 0 Å². The van der Waals surface area contributed by atoms with Gasteiger partial charge in [0.2, 0.25) is 0 Å². The zero-order chi connectivity index (χ0) is 20.0. The molecule has 7 heteroatoms. The summed E-state index contributed by atoms with van der Waals surface area (Å²) in [7, 11) is 3.39. The van der Waals surface area contributed by atoms with Gasteiger partial charge in [0.1, 0.15) is 0 Å². The summed E-state index contributed by atoms with van der Waals surface area (Å²) in [5, 5.41) is 8.97. The summed E-state index contributed by atoms with van der Waals surface area (Å²) in [6.45, 7) is 5.18. The topological polar surface area (TPSA) is 79.3 Å². The Morgan fingerprint density at radius 1 is 1.26 bits per heavy atom. The number of likely N-dealkylation sites (tertiary alicyclic amines) is 1. The van der Waals surface area contributed by atoms with Crippen LogP contribution in [0.4, 0.5) is 0 Å². The van der Waals surface area contributed by atoms with E-state index in [4.69, 9.17) is 14.6 Å². The molecular weight excluding hydrogens is 348 g/mol. The van der Waals surface area contributed by atoms with Crippen molar-refractivity contribution >= 4 is 11.9 Å². The maximum absolute atomic E-state index is 12.9. The average molecular weight is 378 g/mol. The minimum Gasteiger partial charge on any atom is -0.493 e. The van der Waals surface area contributed by atoms with E-state index in [1.807, 2.05) is 30.7 Å². The molecule has 0 saturated carbocycles. The van der Waals surface area contributed by atoms with Crippen molar-refractivity contribution in [2.75, 3.05) is 33.8 Å². The minimum atomic E-state index is -0.828. The molecule has 1 aliphatic rings. The summed E-state index contributed by atoms with van der Waals surface area (Å²) in [5.41, 5.74) is 0.570. The monoisotopic (exact) mass is 378 g/mol. The maximum Gasteiger partial charge on any atom is 0.317 e. The van der Waals surface area contributed by atoms with Crippen LogP contribution in [0.5, 0.6) is 11.5 Å². The first-order valence-electron chi connectivity index (χ1n) is 9.37. The van der Waals surface area contributed by atoms with Crippen LogP contribution in [0.15, 0.2) is 18.2 Å². The number of hydrogen-bond donors (Lipinski definition) is 1. The SMILES string of the molecule is COc1cc(C(=O)N2CCCC(N(C)CC(=O)O)CC2)ccc1OC(C)C. The average Bonchev–Trinajstić information content (AvgIpc) is 2.86. The molecule has 150 valence electrons. The van der Waals surface area contributed by atoms with E-state index < -0.39 is 5.97 Å². The Kier molecular flexibility index (Phi) is 7.47. The smallest absolute Gasteiger partial charge is 0.317 e. The van der Waals surface area contributed by atoms with Gasteiger partial charge in [0.25, 0.3) is 5.91 Å². The van der Waals surface area contributed by atoms with Crippen LogP contribution in [-0.4, -0.2) is 72.7 Å². The van der Waals surface area contributed by atoms with Crippen LogP contribution in [0.1, 0.15) is 43.5 Å². The molecule has 1 unspecified atom stereocenters. The summed E-state index contributed by atoms with van der Waals surface area (Å²) in [5.74, 6) is 0.301. The zero-order valence-electron chi connectivity index (χ0n) is 16.6. The lowest BCUT2D eigenvalue weighted by Gasteiger charge is -2.25. The highest BCUT2D eigenvalue weighted by atomic mass is 16.5. The number of carboxylic acids is 1. The lowest BCUT2D eigenvalue weighted by atomic mass is 10.1. The molecule has 1 saturated heterocycles. The molecule has 1 aromatic rings. The van der Waals surface area contributed by atoms with Crippen LogP contribution in [0.3, 0.4) is 0 Å². The van der Waals surface area contributed by atoms with Gasteiger partial charge in [-0.1, -0.05) is 0 Å². The number of methoxy groups -OCH3 is 1. The number of amides is 1. The standard InChI is InChI=1S/C20H30N2O5/c1-14(2)27-17-8-7-15(12-18(17)26-4)20(25)22-10-5-6-16(9-11-22)21(3)13-19(23)24/h7-8,12,14,16H,5-6,9-11,13H2,1-4H3,(H,23,24). The quantitative estimate of drug-likeness (QED) is 0.785. The summed E-state index contributed by atoms with van der Waals surface area (Å²) in [4.78, 5) is 27.6. The first-order chi connectivity index (χ1) is 12.8. The fourth-order valence-corrected chi connectivity index (χ4v) is 3.40. The molecule has 1 amide bonds. The third-order valence-corrected chi connectivity index (χ3v) is 4.77. The van der Waals surface area contributed by atoms with Gasteiger partial charge in [-0.05, 0) is 58.4 Å². The molecule has 27 heavy (non-hydrogen) atoms. The first-order valence-corrected chi connectivity index (χ1v) is 9.37. The van der Waals surface area contributed by atoms with Crippen LogP contribution in [0, 0.1) is 0 Å². The molecule has 1 atom stereocenters. The Morgan fingerprint density at radius 3 is 2.63 bits per heavy atom. The molecule has 0 aromatic heterocycles. The summed E-state index contributed by atoms with van der Waals surface area (Å²) in [6, 6.07) is 5.43. The number of carbonyl (C=O) groups is 2. The third-order valence-electron chi connectivity index (χ3n) is 4.77. The van der Waals surface area contributed by atoms with Crippen molar-refractivity contribution in [3.8, 4) is 11.5 Å². The van der Waals surface area contributed by atoms with Crippen molar-refractivity contribution in [3.05, 3.63) is 23.8 Å². The number of carboxylic acid groups (broad SMARTS) is 1. The second kappa shape index (κ2) is 9.60. The number of carbonyl (C=O) groups excluding carboxylic acids is 1. The largest absolute Gasteiger partial charge is 0.493 e. The van der Waals surface area contributed by atoms with Gasteiger partial charge < -0.3 is 19.5 Å². The fraction of sp³-hybridized carbons (Fsp3) is 0.600. The highest BCUT2D eigenvalue weighted by molar-refractivity contribution is 5.95. The summed E-state index contributed by atoms with van der Waals surface area (Å²) < 4.78 is 11.1. The van der Waals surface area contributed by atoms with E-state index in [1.165, 1.54) is 0 Å². The van der Waals surface area contributed by atoms with Gasteiger partial charge in [-0.3, -0.25) is 14.5 Å². The Morgan fingerprint density at radius 2 is 2.00 bits per heavy atom. The molecule has 1 N–H and O–H groups in total. The van der Waals surface area contributed by atoms with Crippen molar-refractivity contribution in [3.63, 3.8) is 0 Å². The van der Waals surface area contributed by atoms with Crippen LogP contribution in [-0.2, 0) is 4.79 Å². The van der Waals surface area contributed by atoms with Gasteiger partial charge >= 0.3 is 5.97 Å². The van der Waals surface area contributed by atoms with Crippen molar-refractivity contribution in [1.82, 2.24) is 9.80 Å². The fourth-order valence-electron chi connectivity index (χ4n) is 3.40. The number of hydrogen-bond acceptors (Lipinski definition) is 5. The van der Waals surface area contributed by atoms with Crippen LogP contribution in [0.25, 0.3) is 0 Å². The van der Waals surface area contributed by atoms with E-state index in [-0.39, 0.29) is 24.6 Å². The molecule has 0 spiro atoms. The third kappa shape index (κ3) is 5.85. The van der Waals surface area contributed by atoms with Crippen LogP contribution in [0.2, 0.25) is 0 Å². The van der Waals surface area contributed by atoms with Gasteiger partial charge in [0.15, 0.2) is 11.5 Å². The molecule has 1 heterocycles. The van der Waals surface area contributed by atoms with Crippen LogP contribution < -0.4 is 9.47 Å². The van der Waals surface area contributed by atoms with E-state index >= 15 is 0 Å². The molecule has 0 aliphatic carbocycles. The lowest BCUT2D eigenvalue weighted by molar-refractivity contribution is -0.138. The minimum absolute atomic E-state index is 0.0192. The molecule has 1 aliphatic heterocycles.